The van der Waals surface area contributed by atoms with Gasteiger partial charge in [0.2, 0.25) is 5.91 Å². The first-order valence-corrected chi connectivity index (χ1v) is 14.6. The van der Waals surface area contributed by atoms with Crippen molar-refractivity contribution in [2.75, 3.05) is 11.1 Å². The van der Waals surface area contributed by atoms with Crippen LogP contribution in [0.1, 0.15) is 44.2 Å². The highest BCUT2D eigenvalue weighted by Crippen LogP contribution is 2.29. The van der Waals surface area contributed by atoms with E-state index in [9.17, 15) is 4.79 Å². The van der Waals surface area contributed by atoms with Gasteiger partial charge in [-0.15, -0.1) is 21.5 Å². The molecular weight excluding hydrogens is 526 g/mol. The highest BCUT2D eigenvalue weighted by Gasteiger charge is 2.22. The fraction of sp³-hybridized carbons (Fsp3) is 0.200. The number of carbonyl (C=O) groups is 1. The van der Waals surface area contributed by atoms with Crippen LogP contribution in [0, 0.1) is 0 Å². The Kier molecular flexibility index (Phi) is 8.39. The van der Waals surface area contributed by atoms with E-state index in [0.717, 1.165) is 22.7 Å². The lowest BCUT2D eigenvalue weighted by Crippen LogP contribution is -2.15. The van der Waals surface area contributed by atoms with Crippen LogP contribution in [-0.4, -0.2) is 31.4 Å². The lowest BCUT2D eigenvalue weighted by molar-refractivity contribution is -0.113. The molecule has 3 aromatic carbocycles. The molecule has 0 radical (unpaired) electrons. The molecule has 39 heavy (non-hydrogen) atoms. The Hall–Kier alpha value is -3.95. The number of hydrogen-bond acceptors (Lipinski definition) is 7. The molecule has 0 aliphatic carbocycles. The normalized spacial score (nSPS) is 11.9. The maximum atomic E-state index is 12.8. The molecule has 1 N–H and O–H groups in total. The fourth-order valence-corrected chi connectivity index (χ4v) is 5.50. The zero-order valence-electron chi connectivity index (χ0n) is 21.9. The number of hydrogen-bond donors (Lipinski definition) is 1. The van der Waals surface area contributed by atoms with E-state index in [1.165, 1.54) is 28.7 Å². The number of nitrogens with zero attached hydrogens (tertiary/aromatic N) is 4. The molecular formula is C30H29N5O2S2. The van der Waals surface area contributed by atoms with E-state index in [4.69, 9.17) is 4.74 Å². The average Bonchev–Trinajstić information content (AvgIpc) is 3.60. The summed E-state index contributed by atoms with van der Waals surface area (Å²) in [6.45, 7) is 6.28. The van der Waals surface area contributed by atoms with E-state index in [2.05, 4.69) is 46.5 Å². The molecule has 2 aromatic heterocycles. The number of anilines is 1. The standard InChI is InChI=1S/C30H29N5O2S2/c1-20(2)22-14-16-25(17-15-22)37-21(3)28-33-34-30(35(28)24-12-8-5-9-13-24)39-19-27(36)32-29-31-26(18-38-29)23-10-6-4-7-11-23/h4-18,20-21H,19H2,1-3H3,(H,31,32,36). The largest absolute Gasteiger partial charge is 0.483 e. The molecule has 1 unspecified atom stereocenters. The maximum Gasteiger partial charge on any atom is 0.236 e. The summed E-state index contributed by atoms with van der Waals surface area (Å²) in [4.78, 5) is 17.3. The second-order valence-corrected chi connectivity index (χ2v) is 11.0. The summed E-state index contributed by atoms with van der Waals surface area (Å²) >= 11 is 2.72. The topological polar surface area (TPSA) is 81.9 Å². The molecule has 0 aliphatic heterocycles. The van der Waals surface area contributed by atoms with Crippen molar-refractivity contribution in [3.63, 3.8) is 0 Å². The van der Waals surface area contributed by atoms with Gasteiger partial charge in [-0.1, -0.05) is 86.3 Å². The monoisotopic (exact) mass is 555 g/mol. The molecule has 5 aromatic rings. The maximum absolute atomic E-state index is 12.8. The molecule has 5 rings (SSSR count). The van der Waals surface area contributed by atoms with E-state index in [1.807, 2.05) is 89.7 Å². The summed E-state index contributed by atoms with van der Waals surface area (Å²) in [5.41, 5.74) is 4.01. The van der Waals surface area contributed by atoms with Crippen LogP contribution in [0.25, 0.3) is 16.9 Å². The van der Waals surface area contributed by atoms with Gasteiger partial charge in [0.05, 0.1) is 11.4 Å². The Morgan fingerprint density at radius 2 is 1.64 bits per heavy atom. The summed E-state index contributed by atoms with van der Waals surface area (Å²) in [5, 5.41) is 14.9. The third-order valence-corrected chi connectivity index (χ3v) is 7.74. The van der Waals surface area contributed by atoms with Crippen LogP contribution in [0.4, 0.5) is 5.13 Å². The summed E-state index contributed by atoms with van der Waals surface area (Å²) in [6.07, 6.45) is -0.363. The van der Waals surface area contributed by atoms with Crippen LogP contribution in [-0.2, 0) is 4.79 Å². The zero-order chi connectivity index (χ0) is 27.2. The van der Waals surface area contributed by atoms with Crippen molar-refractivity contribution in [1.29, 1.82) is 0 Å². The number of nitrogens with one attached hydrogen (secondary N) is 1. The van der Waals surface area contributed by atoms with Crippen LogP contribution in [0.3, 0.4) is 0 Å². The minimum atomic E-state index is -0.363. The fourth-order valence-electron chi connectivity index (χ4n) is 4.00. The van der Waals surface area contributed by atoms with Gasteiger partial charge in [0, 0.05) is 16.6 Å². The molecule has 1 atom stereocenters. The smallest absolute Gasteiger partial charge is 0.236 e. The lowest BCUT2D eigenvalue weighted by atomic mass is 10.0. The van der Waals surface area contributed by atoms with Crippen LogP contribution in [0.2, 0.25) is 0 Å². The molecule has 0 aliphatic rings. The average molecular weight is 556 g/mol. The molecule has 198 valence electrons. The number of benzene rings is 3. The second kappa shape index (κ2) is 12.3. The van der Waals surface area contributed by atoms with Crippen molar-refractivity contribution in [2.24, 2.45) is 0 Å². The van der Waals surface area contributed by atoms with Gasteiger partial charge in [0.25, 0.3) is 0 Å². The Morgan fingerprint density at radius 1 is 0.949 bits per heavy atom. The Bertz CT molecular complexity index is 1520. The third kappa shape index (κ3) is 6.55. The number of para-hydroxylation sites is 1. The summed E-state index contributed by atoms with van der Waals surface area (Å²) in [6, 6.07) is 27.9. The van der Waals surface area contributed by atoms with Crippen LogP contribution >= 0.6 is 23.1 Å². The Morgan fingerprint density at radius 3 is 2.33 bits per heavy atom. The lowest BCUT2D eigenvalue weighted by Gasteiger charge is -2.17. The highest BCUT2D eigenvalue weighted by atomic mass is 32.2. The van der Waals surface area contributed by atoms with Gasteiger partial charge in [-0.05, 0) is 42.7 Å². The first-order chi connectivity index (χ1) is 19.0. The quantitative estimate of drug-likeness (QED) is 0.181. The first kappa shape index (κ1) is 26.6. The molecule has 9 heteroatoms. The van der Waals surface area contributed by atoms with E-state index in [1.54, 1.807) is 0 Å². The van der Waals surface area contributed by atoms with Crippen LogP contribution in [0.5, 0.6) is 5.75 Å². The molecule has 1 amide bonds. The third-order valence-electron chi connectivity index (χ3n) is 6.05. The van der Waals surface area contributed by atoms with Gasteiger partial charge in [-0.2, -0.15) is 0 Å². The van der Waals surface area contributed by atoms with E-state index >= 15 is 0 Å². The number of aromatic nitrogens is 4. The second-order valence-electron chi connectivity index (χ2n) is 9.24. The SMILES string of the molecule is CC(C)c1ccc(OC(C)c2nnc(SCC(=O)Nc3nc(-c4ccccc4)cs3)n2-c2ccccc2)cc1. The summed E-state index contributed by atoms with van der Waals surface area (Å²) in [7, 11) is 0. The van der Waals surface area contributed by atoms with Crippen molar-refractivity contribution < 1.29 is 9.53 Å². The molecule has 0 saturated heterocycles. The molecule has 2 heterocycles. The highest BCUT2D eigenvalue weighted by molar-refractivity contribution is 7.99. The van der Waals surface area contributed by atoms with Crippen LogP contribution in [0.15, 0.2) is 95.5 Å². The van der Waals surface area contributed by atoms with Gasteiger partial charge in [-0.3, -0.25) is 9.36 Å². The van der Waals surface area contributed by atoms with E-state index in [-0.39, 0.29) is 17.8 Å². The van der Waals surface area contributed by atoms with Gasteiger partial charge in [-0.25, -0.2) is 4.98 Å². The predicted octanol–water partition coefficient (Wildman–Crippen LogP) is 7.39. The zero-order valence-corrected chi connectivity index (χ0v) is 23.6. The van der Waals surface area contributed by atoms with Gasteiger partial charge in [0.1, 0.15) is 5.75 Å². The number of amides is 1. The van der Waals surface area contributed by atoms with Gasteiger partial charge >= 0.3 is 0 Å². The minimum Gasteiger partial charge on any atom is -0.483 e. The molecule has 0 saturated carbocycles. The number of thioether (sulfide) groups is 1. The molecule has 0 spiro atoms. The van der Waals surface area contributed by atoms with Gasteiger partial charge < -0.3 is 10.1 Å². The molecule has 7 nitrogen and oxygen atoms in total. The van der Waals surface area contributed by atoms with Crippen molar-refractivity contribution in [3.8, 4) is 22.7 Å². The van der Waals surface area contributed by atoms with E-state index in [0.29, 0.717) is 22.0 Å². The summed E-state index contributed by atoms with van der Waals surface area (Å²) in [5.74, 6) is 1.88. The van der Waals surface area contributed by atoms with Crippen molar-refractivity contribution >= 4 is 34.1 Å². The minimum absolute atomic E-state index is 0.160. The number of ether oxygens (including phenoxy) is 1. The van der Waals surface area contributed by atoms with Crippen molar-refractivity contribution in [2.45, 2.75) is 37.9 Å². The molecule has 0 bridgehead atoms. The number of carbonyl (C=O) groups excluding carboxylic acids is 1. The number of thiazole rings is 1. The summed E-state index contributed by atoms with van der Waals surface area (Å²) < 4.78 is 8.18. The van der Waals surface area contributed by atoms with Crippen molar-refractivity contribution in [1.82, 2.24) is 19.7 Å². The van der Waals surface area contributed by atoms with Crippen molar-refractivity contribution in [3.05, 3.63) is 102 Å². The first-order valence-electron chi connectivity index (χ1n) is 12.7. The predicted molar refractivity (Wildman–Crippen MR) is 158 cm³/mol. The number of rotatable bonds is 10. The Balaban J connectivity index is 1.29. The van der Waals surface area contributed by atoms with E-state index < -0.39 is 0 Å². The molecule has 0 fully saturated rings. The Labute approximate surface area is 236 Å². The van der Waals surface area contributed by atoms with Crippen LogP contribution < -0.4 is 10.1 Å². The van der Waals surface area contributed by atoms with Gasteiger partial charge in [0.15, 0.2) is 22.2 Å².